The van der Waals surface area contributed by atoms with Crippen LogP contribution in [-0.4, -0.2) is 36.2 Å². The van der Waals surface area contributed by atoms with Gasteiger partial charge >= 0.3 is 5.97 Å². The Morgan fingerprint density at radius 3 is 2.15 bits per heavy atom. The number of carboxylic acid groups (broad SMARTS) is 1. The van der Waals surface area contributed by atoms with E-state index in [0.717, 1.165) is 26.1 Å². The first-order valence-corrected chi connectivity index (χ1v) is 7.69. The second kappa shape index (κ2) is 7.07. The molecule has 0 aromatic heterocycles. The summed E-state index contributed by atoms with van der Waals surface area (Å²) in [5, 5.41) is 12.1. The Labute approximate surface area is 120 Å². The first kappa shape index (κ1) is 15.3. The first-order chi connectivity index (χ1) is 9.58. The highest BCUT2D eigenvalue weighted by Crippen LogP contribution is 2.29. The molecule has 0 aromatic carbocycles. The number of ether oxygens (including phenoxy) is 1. The number of nitrogens with one attached hydrogen (secondary N) is 1. The fourth-order valence-corrected chi connectivity index (χ4v) is 3.28. The minimum Gasteiger partial charge on any atom is -0.481 e. The molecule has 0 radical (unpaired) electrons. The summed E-state index contributed by atoms with van der Waals surface area (Å²) in [6.45, 7) is 3.64. The van der Waals surface area contributed by atoms with E-state index in [1.165, 1.54) is 0 Å². The van der Waals surface area contributed by atoms with Gasteiger partial charge in [0.15, 0.2) is 0 Å². The van der Waals surface area contributed by atoms with Gasteiger partial charge in [-0.1, -0.05) is 0 Å². The third kappa shape index (κ3) is 3.95. The molecule has 1 saturated carbocycles. The lowest BCUT2D eigenvalue weighted by molar-refractivity contribution is -0.144. The Bertz CT molecular complexity index is 344. The van der Waals surface area contributed by atoms with Gasteiger partial charge < -0.3 is 15.2 Å². The van der Waals surface area contributed by atoms with E-state index in [0.29, 0.717) is 31.6 Å². The van der Waals surface area contributed by atoms with Crippen molar-refractivity contribution in [2.45, 2.75) is 51.5 Å². The minimum absolute atomic E-state index is 0.00658. The van der Waals surface area contributed by atoms with E-state index >= 15 is 0 Å². The predicted octanol–water partition coefficient (Wildman–Crippen LogP) is 1.81. The van der Waals surface area contributed by atoms with Crippen molar-refractivity contribution < 1.29 is 19.4 Å². The molecule has 1 amide bonds. The summed E-state index contributed by atoms with van der Waals surface area (Å²) in [7, 11) is 0. The third-order valence-electron chi connectivity index (χ3n) is 4.79. The lowest BCUT2D eigenvalue weighted by Gasteiger charge is -2.31. The van der Waals surface area contributed by atoms with Crippen molar-refractivity contribution >= 4 is 11.9 Å². The molecule has 1 saturated heterocycles. The molecule has 0 spiro atoms. The summed E-state index contributed by atoms with van der Waals surface area (Å²) >= 11 is 0. The fraction of sp³-hybridized carbons (Fsp3) is 0.867. The molecule has 0 aromatic rings. The summed E-state index contributed by atoms with van der Waals surface area (Å²) in [5.74, 6) is -0.379. The molecule has 1 aliphatic carbocycles. The van der Waals surface area contributed by atoms with Gasteiger partial charge in [-0.15, -0.1) is 0 Å². The second-order valence-electron chi connectivity index (χ2n) is 6.13. The number of rotatable bonds is 4. The molecule has 1 unspecified atom stereocenters. The maximum atomic E-state index is 12.2. The number of aliphatic carboxylic acids is 1. The third-order valence-corrected chi connectivity index (χ3v) is 4.79. The number of carbonyl (C=O) groups is 2. The number of hydrogen-bond donors (Lipinski definition) is 2. The first-order valence-electron chi connectivity index (χ1n) is 7.69. The van der Waals surface area contributed by atoms with Crippen molar-refractivity contribution in [3.63, 3.8) is 0 Å². The standard InChI is InChI=1S/C15H25NO4/c1-10(11-6-8-20-9-7-11)16-14(17)12-2-4-13(5-3-12)15(18)19/h10-13H,2-9H2,1H3,(H,16,17)(H,18,19). The molecule has 5 nitrogen and oxygen atoms in total. The van der Waals surface area contributed by atoms with Crippen LogP contribution in [0.2, 0.25) is 0 Å². The molecule has 2 N–H and O–H groups in total. The fourth-order valence-electron chi connectivity index (χ4n) is 3.28. The number of carbonyl (C=O) groups excluding carboxylic acids is 1. The van der Waals surface area contributed by atoms with Gasteiger partial charge in [0, 0.05) is 25.2 Å². The second-order valence-corrected chi connectivity index (χ2v) is 6.13. The molecular weight excluding hydrogens is 258 g/mol. The highest BCUT2D eigenvalue weighted by Gasteiger charge is 2.31. The van der Waals surface area contributed by atoms with Crippen molar-refractivity contribution in [2.24, 2.45) is 17.8 Å². The van der Waals surface area contributed by atoms with Crippen LogP contribution in [0.5, 0.6) is 0 Å². The van der Waals surface area contributed by atoms with Gasteiger partial charge in [-0.3, -0.25) is 9.59 Å². The van der Waals surface area contributed by atoms with E-state index in [-0.39, 0.29) is 23.8 Å². The minimum atomic E-state index is -0.723. The summed E-state index contributed by atoms with van der Waals surface area (Å²) in [6, 6.07) is 0.184. The van der Waals surface area contributed by atoms with Crippen LogP contribution in [-0.2, 0) is 14.3 Å². The van der Waals surface area contributed by atoms with Crippen molar-refractivity contribution in [3.8, 4) is 0 Å². The molecule has 20 heavy (non-hydrogen) atoms. The lowest BCUT2D eigenvalue weighted by Crippen LogP contribution is -2.43. The van der Waals surface area contributed by atoms with Crippen LogP contribution in [0.15, 0.2) is 0 Å². The smallest absolute Gasteiger partial charge is 0.306 e. The van der Waals surface area contributed by atoms with Crippen LogP contribution in [0, 0.1) is 17.8 Å². The molecule has 1 heterocycles. The highest BCUT2D eigenvalue weighted by molar-refractivity contribution is 5.79. The average molecular weight is 283 g/mol. The SMILES string of the molecule is CC(NC(=O)C1CCC(C(=O)O)CC1)C1CCOCC1. The van der Waals surface area contributed by atoms with Gasteiger partial charge in [-0.25, -0.2) is 0 Å². The van der Waals surface area contributed by atoms with Gasteiger partial charge in [-0.05, 0) is 51.4 Å². The van der Waals surface area contributed by atoms with Crippen LogP contribution < -0.4 is 5.32 Å². The van der Waals surface area contributed by atoms with Crippen molar-refractivity contribution in [2.75, 3.05) is 13.2 Å². The predicted molar refractivity (Wildman–Crippen MR) is 74.2 cm³/mol. The van der Waals surface area contributed by atoms with Crippen LogP contribution in [0.25, 0.3) is 0 Å². The van der Waals surface area contributed by atoms with E-state index in [1.54, 1.807) is 0 Å². The summed E-state index contributed by atoms with van der Waals surface area (Å²) in [5.41, 5.74) is 0. The molecular formula is C15H25NO4. The van der Waals surface area contributed by atoms with Crippen molar-refractivity contribution in [1.29, 1.82) is 0 Å². The Hall–Kier alpha value is -1.10. The zero-order chi connectivity index (χ0) is 14.5. The van der Waals surface area contributed by atoms with Gasteiger partial charge in [0.2, 0.25) is 5.91 Å². The molecule has 2 rings (SSSR count). The van der Waals surface area contributed by atoms with Crippen LogP contribution in [0.3, 0.4) is 0 Å². The Balaban J connectivity index is 1.76. The summed E-state index contributed by atoms with van der Waals surface area (Å²) in [4.78, 5) is 23.1. The van der Waals surface area contributed by atoms with Gasteiger partial charge in [0.25, 0.3) is 0 Å². The molecule has 2 fully saturated rings. The quantitative estimate of drug-likeness (QED) is 0.825. The van der Waals surface area contributed by atoms with E-state index < -0.39 is 5.97 Å². The summed E-state index contributed by atoms with van der Waals surface area (Å²) < 4.78 is 5.34. The Kier molecular flexibility index (Phi) is 5.40. The number of hydrogen-bond acceptors (Lipinski definition) is 3. The largest absolute Gasteiger partial charge is 0.481 e. The highest BCUT2D eigenvalue weighted by atomic mass is 16.5. The molecule has 1 aliphatic heterocycles. The number of carboxylic acids is 1. The van der Waals surface area contributed by atoms with Crippen LogP contribution >= 0.6 is 0 Å². The van der Waals surface area contributed by atoms with Crippen LogP contribution in [0.1, 0.15) is 45.4 Å². The van der Waals surface area contributed by atoms with Gasteiger partial charge in [0.1, 0.15) is 0 Å². The Morgan fingerprint density at radius 1 is 1.05 bits per heavy atom. The molecule has 2 aliphatic rings. The van der Waals surface area contributed by atoms with E-state index in [4.69, 9.17) is 9.84 Å². The zero-order valence-corrected chi connectivity index (χ0v) is 12.1. The van der Waals surface area contributed by atoms with Crippen molar-refractivity contribution in [1.82, 2.24) is 5.32 Å². The Morgan fingerprint density at radius 2 is 1.60 bits per heavy atom. The molecule has 1 atom stereocenters. The molecule has 114 valence electrons. The van der Waals surface area contributed by atoms with Gasteiger partial charge in [0.05, 0.1) is 5.92 Å². The van der Waals surface area contributed by atoms with Crippen molar-refractivity contribution in [3.05, 3.63) is 0 Å². The van der Waals surface area contributed by atoms with Gasteiger partial charge in [-0.2, -0.15) is 0 Å². The summed E-state index contributed by atoms with van der Waals surface area (Å²) in [6.07, 6.45) is 4.66. The topological polar surface area (TPSA) is 75.6 Å². The normalized spacial score (nSPS) is 29.6. The average Bonchev–Trinajstić information content (AvgIpc) is 2.48. The van der Waals surface area contributed by atoms with Crippen LogP contribution in [0.4, 0.5) is 0 Å². The van der Waals surface area contributed by atoms with E-state index in [2.05, 4.69) is 12.2 Å². The zero-order valence-electron chi connectivity index (χ0n) is 12.1. The number of amides is 1. The van der Waals surface area contributed by atoms with E-state index in [1.807, 2.05) is 0 Å². The molecule has 5 heteroatoms. The lowest BCUT2D eigenvalue weighted by atomic mass is 9.81. The monoisotopic (exact) mass is 283 g/mol. The van der Waals surface area contributed by atoms with E-state index in [9.17, 15) is 9.59 Å². The maximum Gasteiger partial charge on any atom is 0.306 e. The molecule has 0 bridgehead atoms. The maximum absolute atomic E-state index is 12.2.